The normalized spacial score (nSPS) is 11.8. The first-order chi connectivity index (χ1) is 15.9. The number of anilines is 3. The number of hydrogen-bond donors (Lipinski definition) is 3. The van der Waals surface area contributed by atoms with Crippen LogP contribution in [0.25, 0.3) is 11.4 Å². The number of hydrogen-bond acceptors (Lipinski definition) is 12. The Balaban J connectivity index is 1.98. The zero-order chi connectivity index (χ0) is 23.8. The van der Waals surface area contributed by atoms with Gasteiger partial charge in [0.1, 0.15) is 24.0 Å². The van der Waals surface area contributed by atoms with Crippen LogP contribution in [0.5, 0.6) is 11.6 Å². The van der Waals surface area contributed by atoms with E-state index in [4.69, 9.17) is 19.9 Å². The molecule has 0 aliphatic carbocycles. The smallest absolute Gasteiger partial charge is 0.223 e. The summed E-state index contributed by atoms with van der Waals surface area (Å²) >= 11 is -2.43. The highest BCUT2D eigenvalue weighted by Gasteiger charge is 2.15. The molecule has 0 aliphatic rings. The number of aromatic nitrogens is 5. The molecule has 0 aromatic carbocycles. The van der Waals surface area contributed by atoms with Crippen LogP contribution in [-0.4, -0.2) is 61.1 Å². The van der Waals surface area contributed by atoms with Gasteiger partial charge in [0, 0.05) is 30.5 Å². The van der Waals surface area contributed by atoms with Gasteiger partial charge in [-0.15, -0.1) is 0 Å². The lowest BCUT2D eigenvalue weighted by Gasteiger charge is -2.15. The van der Waals surface area contributed by atoms with Crippen molar-refractivity contribution in [3.8, 4) is 23.0 Å². The van der Waals surface area contributed by atoms with E-state index in [0.717, 1.165) is 0 Å². The van der Waals surface area contributed by atoms with Gasteiger partial charge in [-0.1, -0.05) is 0 Å². The number of ether oxygens (including phenoxy) is 3. The molecular weight excluding hydrogens is 452 g/mol. The van der Waals surface area contributed by atoms with Crippen LogP contribution in [0.3, 0.4) is 0 Å². The Morgan fingerprint density at radius 2 is 1.94 bits per heavy atom. The maximum atomic E-state index is 10.9. The van der Waals surface area contributed by atoms with Gasteiger partial charge in [0.2, 0.25) is 11.8 Å². The predicted molar refractivity (Wildman–Crippen MR) is 119 cm³/mol. The Kier molecular flexibility index (Phi) is 8.37. The molecule has 3 aromatic heterocycles. The van der Waals surface area contributed by atoms with Crippen LogP contribution in [0.15, 0.2) is 24.5 Å². The predicted octanol–water partition coefficient (Wildman–Crippen LogP) is 0.880. The third-order valence-electron chi connectivity index (χ3n) is 4.19. The lowest BCUT2D eigenvalue weighted by Crippen LogP contribution is -2.16. The number of methoxy groups -OCH3 is 2. The minimum Gasteiger partial charge on any atom is -0.760 e. The summed E-state index contributed by atoms with van der Waals surface area (Å²) in [5.41, 5.74) is 7.38. The molecule has 3 heterocycles. The highest BCUT2D eigenvalue weighted by atomic mass is 32.2. The highest BCUT2D eigenvalue weighted by molar-refractivity contribution is 7.77. The van der Waals surface area contributed by atoms with Gasteiger partial charge in [-0.3, -0.25) is 4.21 Å². The molecule has 4 N–H and O–H groups in total. The van der Waals surface area contributed by atoms with E-state index in [2.05, 4.69) is 35.0 Å². The van der Waals surface area contributed by atoms with E-state index >= 15 is 0 Å². The average molecular weight is 476 g/mol. The van der Waals surface area contributed by atoms with Gasteiger partial charge in [0.15, 0.2) is 5.82 Å². The van der Waals surface area contributed by atoms with Crippen molar-refractivity contribution < 1.29 is 23.0 Å². The summed E-state index contributed by atoms with van der Waals surface area (Å²) in [4.78, 5) is 21.2. The molecule has 33 heavy (non-hydrogen) atoms. The summed E-state index contributed by atoms with van der Waals surface area (Å²) in [6.07, 6.45) is 3.07. The summed E-state index contributed by atoms with van der Waals surface area (Å²) in [6, 6.07) is 3.41. The summed E-state index contributed by atoms with van der Waals surface area (Å²) < 4.78 is 39.9. The molecule has 3 aromatic rings. The topological polar surface area (TPSA) is 182 Å². The van der Waals surface area contributed by atoms with Gasteiger partial charge in [0.05, 0.1) is 37.4 Å². The first kappa shape index (κ1) is 24.2. The minimum absolute atomic E-state index is 0.00242. The number of aryl methyl sites for hydroxylation is 1. The number of nitrogens with two attached hydrogens (primary N) is 1. The molecule has 0 radical (unpaired) electrons. The van der Waals surface area contributed by atoms with E-state index < -0.39 is 11.3 Å². The summed E-state index contributed by atoms with van der Waals surface area (Å²) in [5, 5.41) is 3.15. The Morgan fingerprint density at radius 1 is 1.12 bits per heavy atom. The molecule has 0 fully saturated rings. The van der Waals surface area contributed by atoms with Crippen molar-refractivity contribution in [2.75, 3.05) is 38.5 Å². The third kappa shape index (κ3) is 6.76. The quantitative estimate of drug-likeness (QED) is 0.263. The van der Waals surface area contributed by atoms with E-state index in [1.807, 2.05) is 0 Å². The first-order valence-electron chi connectivity index (χ1n) is 9.62. The van der Waals surface area contributed by atoms with Crippen LogP contribution in [0, 0.1) is 6.92 Å². The summed E-state index contributed by atoms with van der Waals surface area (Å²) in [6.45, 7) is 2.45. The minimum atomic E-state index is -2.43. The van der Waals surface area contributed by atoms with Gasteiger partial charge in [-0.05, 0) is 19.1 Å². The van der Waals surface area contributed by atoms with Crippen LogP contribution < -0.4 is 25.2 Å². The molecule has 0 aliphatic heterocycles. The Labute approximate surface area is 192 Å². The SMILES string of the molecule is COCCOc1cnc(Nc2cnc(OC)c(CNS(=O)[O-])c2)c(-c2nc(C)nc(N)n2)c1. The lowest BCUT2D eigenvalue weighted by atomic mass is 10.2. The molecular formula is C19H23N8O5S-. The number of nitrogen functional groups attached to an aromatic ring is 1. The Morgan fingerprint density at radius 3 is 2.64 bits per heavy atom. The molecule has 0 bridgehead atoms. The van der Waals surface area contributed by atoms with Crippen molar-refractivity contribution >= 4 is 28.7 Å². The number of pyridine rings is 2. The summed E-state index contributed by atoms with van der Waals surface area (Å²) in [7, 11) is 3.03. The molecule has 3 rings (SSSR count). The number of rotatable bonds is 11. The van der Waals surface area contributed by atoms with Crippen molar-refractivity contribution in [1.82, 2.24) is 29.6 Å². The molecule has 176 valence electrons. The van der Waals surface area contributed by atoms with E-state index in [-0.39, 0.29) is 18.4 Å². The number of nitrogens with zero attached hydrogens (tertiary/aromatic N) is 5. The van der Waals surface area contributed by atoms with Crippen LogP contribution >= 0.6 is 0 Å². The van der Waals surface area contributed by atoms with Crippen LogP contribution in [0.4, 0.5) is 17.5 Å². The van der Waals surface area contributed by atoms with Crippen molar-refractivity contribution in [1.29, 1.82) is 0 Å². The second-order valence-electron chi connectivity index (χ2n) is 6.55. The maximum absolute atomic E-state index is 10.9. The van der Waals surface area contributed by atoms with Gasteiger partial charge < -0.3 is 29.8 Å². The average Bonchev–Trinajstić information content (AvgIpc) is 2.78. The van der Waals surface area contributed by atoms with Crippen molar-refractivity contribution in [3.05, 3.63) is 35.9 Å². The third-order valence-corrected chi connectivity index (χ3v) is 4.57. The standard InChI is InChI=1S/C19H24N8O5S/c1-11-24-17(27-19(20)25-11)15-7-14(32-5-4-30-2)10-21-16(15)26-13-6-12(8-23-33(28)29)18(31-3)22-9-13/h6-7,9-10,23H,4-5,8H2,1-3H3,(H,21,26)(H,28,29)(H2,20,24,25,27)/p-1. The van der Waals surface area contributed by atoms with E-state index in [9.17, 15) is 8.76 Å². The Bertz CT molecular complexity index is 1110. The van der Waals surface area contributed by atoms with Gasteiger partial charge >= 0.3 is 0 Å². The number of nitrogens with one attached hydrogen (secondary N) is 2. The second kappa shape index (κ2) is 11.4. The monoisotopic (exact) mass is 475 g/mol. The van der Waals surface area contributed by atoms with Crippen molar-refractivity contribution in [3.63, 3.8) is 0 Å². The van der Waals surface area contributed by atoms with Crippen molar-refractivity contribution in [2.24, 2.45) is 0 Å². The fourth-order valence-electron chi connectivity index (χ4n) is 2.81. The highest BCUT2D eigenvalue weighted by Crippen LogP contribution is 2.31. The Hall–Kier alpha value is -3.46. The molecule has 0 saturated heterocycles. The second-order valence-corrected chi connectivity index (χ2v) is 7.30. The van der Waals surface area contributed by atoms with E-state index in [1.54, 1.807) is 32.4 Å². The van der Waals surface area contributed by atoms with Gasteiger partial charge in [-0.25, -0.2) is 19.7 Å². The van der Waals surface area contributed by atoms with Crippen molar-refractivity contribution in [2.45, 2.75) is 13.5 Å². The molecule has 1 atom stereocenters. The van der Waals surface area contributed by atoms with E-state index in [0.29, 0.717) is 53.2 Å². The van der Waals surface area contributed by atoms with Gasteiger partial charge in [0.25, 0.3) is 0 Å². The molecule has 14 heteroatoms. The van der Waals surface area contributed by atoms with Gasteiger partial charge in [-0.2, -0.15) is 9.97 Å². The molecule has 13 nitrogen and oxygen atoms in total. The first-order valence-corrected chi connectivity index (χ1v) is 10.7. The summed E-state index contributed by atoms with van der Waals surface area (Å²) in [5.74, 6) is 1.99. The molecule has 0 amide bonds. The fourth-order valence-corrected chi connectivity index (χ4v) is 3.08. The van der Waals surface area contributed by atoms with Crippen LogP contribution in [0.1, 0.15) is 11.4 Å². The molecule has 1 unspecified atom stereocenters. The fraction of sp³-hybridized carbons (Fsp3) is 0.316. The zero-order valence-electron chi connectivity index (χ0n) is 18.2. The van der Waals surface area contributed by atoms with Crippen LogP contribution in [-0.2, 0) is 22.5 Å². The van der Waals surface area contributed by atoms with Crippen LogP contribution in [0.2, 0.25) is 0 Å². The van der Waals surface area contributed by atoms with E-state index in [1.165, 1.54) is 13.3 Å². The maximum Gasteiger partial charge on any atom is 0.223 e. The lowest BCUT2D eigenvalue weighted by molar-refractivity contribution is 0.146. The largest absolute Gasteiger partial charge is 0.760 e. The zero-order valence-corrected chi connectivity index (χ0v) is 19.0. The molecule has 0 saturated carbocycles. The molecule has 0 spiro atoms.